The fourth-order valence-corrected chi connectivity index (χ4v) is 1.26. The van der Waals surface area contributed by atoms with Gasteiger partial charge in [-0.05, 0) is 24.3 Å². The molecule has 0 saturated heterocycles. The fourth-order valence-electron chi connectivity index (χ4n) is 1.26. The number of aromatic carboxylic acids is 1. The molecule has 0 spiro atoms. The summed E-state index contributed by atoms with van der Waals surface area (Å²) in [5.41, 5.74) is -0.166. The zero-order chi connectivity index (χ0) is 13.0. The Morgan fingerprint density at radius 2 is 1.83 bits per heavy atom. The van der Waals surface area contributed by atoms with Gasteiger partial charge in [0.1, 0.15) is 11.5 Å². The molecule has 92 valence electrons. The van der Waals surface area contributed by atoms with Gasteiger partial charge in [0.25, 0.3) is 0 Å². The predicted molar refractivity (Wildman–Crippen MR) is 62.1 cm³/mol. The van der Waals surface area contributed by atoms with Crippen molar-refractivity contribution >= 4 is 5.97 Å². The van der Waals surface area contributed by atoms with Crippen molar-refractivity contribution in [3.8, 4) is 17.4 Å². The Bertz CT molecular complexity index is 554. The van der Waals surface area contributed by atoms with Crippen LogP contribution in [0.2, 0.25) is 0 Å². The Morgan fingerprint density at radius 1 is 1.17 bits per heavy atom. The Hall–Kier alpha value is -2.63. The van der Waals surface area contributed by atoms with E-state index in [0.717, 1.165) is 6.20 Å². The van der Waals surface area contributed by atoms with E-state index >= 15 is 0 Å². The van der Waals surface area contributed by atoms with E-state index in [1.807, 2.05) is 0 Å². The van der Waals surface area contributed by atoms with Crippen molar-refractivity contribution < 1.29 is 19.4 Å². The van der Waals surface area contributed by atoms with Crippen molar-refractivity contribution in [3.05, 3.63) is 42.4 Å². The van der Waals surface area contributed by atoms with Gasteiger partial charge in [-0.3, -0.25) is 4.98 Å². The Morgan fingerprint density at radius 3 is 2.44 bits per heavy atom. The monoisotopic (exact) mass is 246 g/mol. The fraction of sp³-hybridized carbons (Fsp3) is 0.0833. The highest BCUT2D eigenvalue weighted by atomic mass is 16.5. The first-order chi connectivity index (χ1) is 8.69. The second-order valence-electron chi connectivity index (χ2n) is 3.33. The number of methoxy groups -OCH3 is 1. The quantitative estimate of drug-likeness (QED) is 0.888. The molecule has 2 rings (SSSR count). The van der Waals surface area contributed by atoms with Gasteiger partial charge >= 0.3 is 5.97 Å². The molecule has 1 heterocycles. The number of hydrogen-bond acceptors (Lipinski definition) is 5. The number of carboxylic acids is 1. The van der Waals surface area contributed by atoms with E-state index in [4.69, 9.17) is 14.6 Å². The lowest BCUT2D eigenvalue weighted by atomic mass is 10.3. The molecule has 0 aliphatic rings. The lowest BCUT2D eigenvalue weighted by molar-refractivity contribution is 0.0689. The van der Waals surface area contributed by atoms with Gasteiger partial charge in [-0.25, -0.2) is 9.78 Å². The predicted octanol–water partition coefficient (Wildman–Crippen LogP) is 1.98. The van der Waals surface area contributed by atoms with Gasteiger partial charge in [-0.2, -0.15) is 0 Å². The van der Waals surface area contributed by atoms with Crippen molar-refractivity contribution in [1.82, 2.24) is 9.97 Å². The Balaban J connectivity index is 2.17. The molecule has 0 aliphatic carbocycles. The largest absolute Gasteiger partial charge is 0.497 e. The summed E-state index contributed by atoms with van der Waals surface area (Å²) in [6.07, 6.45) is 2.50. The molecule has 0 amide bonds. The van der Waals surface area contributed by atoms with Crippen LogP contribution < -0.4 is 9.47 Å². The second-order valence-corrected chi connectivity index (χ2v) is 3.33. The van der Waals surface area contributed by atoms with Crippen LogP contribution in [0.25, 0.3) is 0 Å². The summed E-state index contributed by atoms with van der Waals surface area (Å²) < 4.78 is 10.4. The van der Waals surface area contributed by atoms with Crippen LogP contribution in [0.4, 0.5) is 0 Å². The summed E-state index contributed by atoms with van der Waals surface area (Å²) >= 11 is 0. The number of hydrogen-bond donors (Lipinski definition) is 1. The van der Waals surface area contributed by atoms with Crippen molar-refractivity contribution in [2.75, 3.05) is 7.11 Å². The van der Waals surface area contributed by atoms with Gasteiger partial charge < -0.3 is 14.6 Å². The van der Waals surface area contributed by atoms with E-state index in [1.165, 1.54) is 6.20 Å². The third-order valence-electron chi connectivity index (χ3n) is 2.11. The SMILES string of the molecule is COc1ccc(Oc2cncc(C(=O)O)n2)cc1. The summed E-state index contributed by atoms with van der Waals surface area (Å²) in [4.78, 5) is 18.3. The zero-order valence-electron chi connectivity index (χ0n) is 9.53. The minimum Gasteiger partial charge on any atom is -0.497 e. The first-order valence-corrected chi connectivity index (χ1v) is 5.06. The van der Waals surface area contributed by atoms with E-state index in [-0.39, 0.29) is 11.6 Å². The van der Waals surface area contributed by atoms with Gasteiger partial charge in [-0.1, -0.05) is 0 Å². The van der Waals surface area contributed by atoms with Crippen LogP contribution >= 0.6 is 0 Å². The molecule has 0 fully saturated rings. The first-order valence-electron chi connectivity index (χ1n) is 5.06. The molecule has 1 aromatic heterocycles. The maximum atomic E-state index is 10.7. The van der Waals surface area contributed by atoms with Crippen molar-refractivity contribution in [3.63, 3.8) is 0 Å². The van der Waals surface area contributed by atoms with Crippen molar-refractivity contribution in [2.45, 2.75) is 0 Å². The Labute approximate surface area is 103 Å². The van der Waals surface area contributed by atoms with Gasteiger partial charge in [0.05, 0.1) is 19.5 Å². The lowest BCUT2D eigenvalue weighted by Crippen LogP contribution is -2.02. The molecule has 18 heavy (non-hydrogen) atoms. The van der Waals surface area contributed by atoms with Gasteiger partial charge in [-0.15, -0.1) is 0 Å². The van der Waals surface area contributed by atoms with Crippen LogP contribution in [0.5, 0.6) is 17.4 Å². The van der Waals surface area contributed by atoms with E-state index in [0.29, 0.717) is 11.5 Å². The molecular weight excluding hydrogens is 236 g/mol. The summed E-state index contributed by atoms with van der Waals surface area (Å²) in [6.45, 7) is 0. The molecule has 2 aromatic rings. The van der Waals surface area contributed by atoms with E-state index < -0.39 is 5.97 Å². The topological polar surface area (TPSA) is 81.5 Å². The molecule has 0 bridgehead atoms. The molecular formula is C12H10N2O4. The second kappa shape index (κ2) is 5.13. The normalized spacial score (nSPS) is 9.83. The van der Waals surface area contributed by atoms with Crippen LogP contribution in [-0.2, 0) is 0 Å². The lowest BCUT2D eigenvalue weighted by Gasteiger charge is -2.05. The number of carbonyl (C=O) groups is 1. The van der Waals surface area contributed by atoms with Crippen molar-refractivity contribution in [1.29, 1.82) is 0 Å². The molecule has 0 saturated carbocycles. The molecule has 0 aliphatic heterocycles. The van der Waals surface area contributed by atoms with Crippen LogP contribution in [0, 0.1) is 0 Å². The number of aromatic nitrogens is 2. The Kier molecular flexibility index (Phi) is 3.38. The third kappa shape index (κ3) is 2.73. The molecule has 1 N–H and O–H groups in total. The number of benzene rings is 1. The van der Waals surface area contributed by atoms with Crippen LogP contribution in [0.15, 0.2) is 36.7 Å². The minimum absolute atomic E-state index is 0.125. The summed E-state index contributed by atoms with van der Waals surface area (Å²) in [5, 5.41) is 8.77. The van der Waals surface area contributed by atoms with Gasteiger partial charge in [0.2, 0.25) is 5.88 Å². The highest BCUT2D eigenvalue weighted by Gasteiger charge is 2.07. The summed E-state index contributed by atoms with van der Waals surface area (Å²) in [7, 11) is 1.57. The number of nitrogens with zero attached hydrogens (tertiary/aromatic N) is 2. The average Bonchev–Trinajstić information content (AvgIpc) is 2.40. The maximum Gasteiger partial charge on any atom is 0.356 e. The van der Waals surface area contributed by atoms with E-state index in [2.05, 4.69) is 9.97 Å². The smallest absolute Gasteiger partial charge is 0.356 e. The van der Waals surface area contributed by atoms with Crippen molar-refractivity contribution in [2.24, 2.45) is 0 Å². The summed E-state index contributed by atoms with van der Waals surface area (Å²) in [6, 6.07) is 6.83. The highest BCUT2D eigenvalue weighted by molar-refractivity contribution is 5.84. The van der Waals surface area contributed by atoms with Crippen LogP contribution in [0.3, 0.4) is 0 Å². The molecule has 0 atom stereocenters. The standard InChI is InChI=1S/C12H10N2O4/c1-17-8-2-4-9(5-3-8)18-11-7-13-6-10(14-11)12(15)16/h2-7H,1H3,(H,15,16). The third-order valence-corrected chi connectivity index (χ3v) is 2.11. The van der Waals surface area contributed by atoms with Gasteiger partial charge in [0, 0.05) is 0 Å². The minimum atomic E-state index is -1.15. The number of ether oxygens (including phenoxy) is 2. The molecule has 0 radical (unpaired) electrons. The van der Waals surface area contributed by atoms with E-state index in [1.54, 1.807) is 31.4 Å². The number of rotatable bonds is 4. The molecule has 0 unspecified atom stereocenters. The highest BCUT2D eigenvalue weighted by Crippen LogP contribution is 2.21. The van der Waals surface area contributed by atoms with Crippen LogP contribution in [-0.4, -0.2) is 28.2 Å². The maximum absolute atomic E-state index is 10.7. The van der Waals surface area contributed by atoms with Crippen LogP contribution in [0.1, 0.15) is 10.5 Å². The first kappa shape index (κ1) is 11.8. The molecule has 1 aromatic carbocycles. The molecule has 6 nitrogen and oxygen atoms in total. The van der Waals surface area contributed by atoms with Gasteiger partial charge in [0.15, 0.2) is 5.69 Å². The average molecular weight is 246 g/mol. The summed E-state index contributed by atoms with van der Waals surface area (Å²) in [5.74, 6) is 0.197. The molecule has 6 heteroatoms. The zero-order valence-corrected chi connectivity index (χ0v) is 9.53. The number of carboxylic acid groups (broad SMARTS) is 1. The van der Waals surface area contributed by atoms with E-state index in [9.17, 15) is 4.79 Å².